The summed E-state index contributed by atoms with van der Waals surface area (Å²) in [6, 6.07) is 9.03. The van der Waals surface area contributed by atoms with Crippen molar-refractivity contribution in [2.24, 2.45) is 0 Å². The van der Waals surface area contributed by atoms with Crippen molar-refractivity contribution < 1.29 is 14.1 Å². The molecular formula is C13H14N2O3. The van der Waals surface area contributed by atoms with Crippen LogP contribution < -0.4 is 0 Å². The molecule has 0 N–H and O–H groups in total. The summed E-state index contributed by atoms with van der Waals surface area (Å²) in [4.78, 5) is 16.0. The Kier molecular flexibility index (Phi) is 4.20. The van der Waals surface area contributed by atoms with Crippen molar-refractivity contribution in [3.05, 3.63) is 47.6 Å². The van der Waals surface area contributed by atoms with Crippen molar-refractivity contribution in [2.75, 3.05) is 6.61 Å². The summed E-state index contributed by atoms with van der Waals surface area (Å²) in [6.45, 7) is 2.78. The summed E-state index contributed by atoms with van der Waals surface area (Å²) in [5.74, 6) is 0.744. The highest BCUT2D eigenvalue weighted by molar-refractivity contribution is 5.96. The van der Waals surface area contributed by atoms with E-state index in [0.29, 0.717) is 30.5 Å². The van der Waals surface area contributed by atoms with Gasteiger partial charge in [-0.3, -0.25) is 4.79 Å². The number of Topliss-reactive ketones (excluding diaryl/α,β-unsaturated/α-hetero) is 1. The molecule has 0 aliphatic rings. The van der Waals surface area contributed by atoms with Gasteiger partial charge in [0, 0.05) is 12.2 Å². The minimum Gasteiger partial charge on any atom is -0.374 e. The van der Waals surface area contributed by atoms with Gasteiger partial charge in [-0.05, 0) is 6.92 Å². The number of nitrogens with zero attached hydrogens (tertiary/aromatic N) is 2. The Morgan fingerprint density at radius 2 is 2.11 bits per heavy atom. The van der Waals surface area contributed by atoms with Gasteiger partial charge in [-0.15, -0.1) is 0 Å². The van der Waals surface area contributed by atoms with Gasteiger partial charge in [-0.25, -0.2) is 0 Å². The number of carbonyl (C=O) groups excluding carboxylic acids is 1. The summed E-state index contributed by atoms with van der Waals surface area (Å²) in [5.41, 5.74) is 0.641. The number of rotatable bonds is 6. The molecule has 0 radical (unpaired) electrons. The van der Waals surface area contributed by atoms with Gasteiger partial charge in [0.05, 0.1) is 6.42 Å². The largest absolute Gasteiger partial charge is 0.374 e. The zero-order valence-electron chi connectivity index (χ0n) is 10.1. The van der Waals surface area contributed by atoms with Crippen molar-refractivity contribution in [1.82, 2.24) is 10.1 Å². The fourth-order valence-electron chi connectivity index (χ4n) is 1.48. The first-order chi connectivity index (χ1) is 8.79. The smallest absolute Gasteiger partial charge is 0.234 e. The maximum atomic E-state index is 11.9. The van der Waals surface area contributed by atoms with Crippen molar-refractivity contribution in [3.8, 4) is 0 Å². The van der Waals surface area contributed by atoms with Crippen LogP contribution in [-0.2, 0) is 17.8 Å². The van der Waals surface area contributed by atoms with Gasteiger partial charge in [0.25, 0.3) is 0 Å². The number of ketones is 1. The summed E-state index contributed by atoms with van der Waals surface area (Å²) >= 11 is 0. The van der Waals surface area contributed by atoms with Crippen molar-refractivity contribution in [2.45, 2.75) is 20.0 Å². The Morgan fingerprint density at radius 3 is 2.83 bits per heavy atom. The Bertz CT molecular complexity index is 508. The van der Waals surface area contributed by atoms with Crippen molar-refractivity contribution >= 4 is 5.78 Å². The van der Waals surface area contributed by atoms with Gasteiger partial charge < -0.3 is 9.26 Å². The summed E-state index contributed by atoms with van der Waals surface area (Å²) in [5, 5.41) is 3.74. The highest BCUT2D eigenvalue weighted by atomic mass is 16.5. The molecule has 0 fully saturated rings. The van der Waals surface area contributed by atoms with Crippen LogP contribution in [0.4, 0.5) is 0 Å². The third kappa shape index (κ3) is 3.24. The van der Waals surface area contributed by atoms with E-state index in [1.807, 2.05) is 25.1 Å². The molecule has 0 saturated carbocycles. The predicted molar refractivity (Wildman–Crippen MR) is 64.1 cm³/mol. The first-order valence-corrected chi connectivity index (χ1v) is 5.77. The van der Waals surface area contributed by atoms with Gasteiger partial charge in [-0.2, -0.15) is 4.98 Å². The third-order valence-electron chi connectivity index (χ3n) is 2.35. The Hall–Kier alpha value is -2.01. The van der Waals surface area contributed by atoms with Crippen LogP contribution in [0.1, 0.15) is 29.0 Å². The second kappa shape index (κ2) is 6.07. The Labute approximate surface area is 105 Å². The van der Waals surface area contributed by atoms with E-state index in [4.69, 9.17) is 9.26 Å². The third-order valence-corrected chi connectivity index (χ3v) is 2.35. The van der Waals surface area contributed by atoms with Gasteiger partial charge in [0.15, 0.2) is 11.6 Å². The van der Waals surface area contributed by atoms with Crippen LogP contribution >= 0.6 is 0 Å². The van der Waals surface area contributed by atoms with E-state index in [-0.39, 0.29) is 12.2 Å². The van der Waals surface area contributed by atoms with E-state index in [9.17, 15) is 4.79 Å². The molecule has 0 bridgehead atoms. The SMILES string of the molecule is CCOCc1noc(CC(=O)c2ccccc2)n1. The topological polar surface area (TPSA) is 65.2 Å². The molecule has 0 aliphatic carbocycles. The van der Waals surface area contributed by atoms with Crippen LogP contribution in [0.15, 0.2) is 34.9 Å². The Balaban J connectivity index is 1.97. The van der Waals surface area contributed by atoms with E-state index >= 15 is 0 Å². The molecule has 0 atom stereocenters. The van der Waals surface area contributed by atoms with Crippen LogP contribution in [0, 0.1) is 0 Å². The molecule has 0 unspecified atom stereocenters. The molecule has 1 heterocycles. The molecule has 0 saturated heterocycles. The molecule has 94 valence electrons. The van der Waals surface area contributed by atoms with Gasteiger partial charge in [-0.1, -0.05) is 35.5 Å². The molecule has 2 aromatic rings. The fraction of sp³-hybridized carbons (Fsp3) is 0.308. The second-order valence-electron chi connectivity index (χ2n) is 3.71. The zero-order chi connectivity index (χ0) is 12.8. The molecular weight excluding hydrogens is 232 g/mol. The number of benzene rings is 1. The molecule has 0 spiro atoms. The average Bonchev–Trinajstić information content (AvgIpc) is 2.85. The van der Waals surface area contributed by atoms with E-state index in [1.165, 1.54) is 0 Å². The number of carbonyl (C=O) groups is 1. The van der Waals surface area contributed by atoms with Crippen LogP contribution in [0.25, 0.3) is 0 Å². The van der Waals surface area contributed by atoms with Crippen LogP contribution in [0.3, 0.4) is 0 Å². The number of hydrogen-bond acceptors (Lipinski definition) is 5. The first kappa shape index (κ1) is 12.4. The lowest BCUT2D eigenvalue weighted by molar-refractivity contribution is 0.0983. The minimum absolute atomic E-state index is 0.0396. The highest BCUT2D eigenvalue weighted by Crippen LogP contribution is 2.06. The lowest BCUT2D eigenvalue weighted by Gasteiger charge is -1.96. The monoisotopic (exact) mass is 246 g/mol. The highest BCUT2D eigenvalue weighted by Gasteiger charge is 2.12. The van der Waals surface area contributed by atoms with E-state index < -0.39 is 0 Å². The summed E-state index contributed by atoms with van der Waals surface area (Å²) < 4.78 is 10.1. The maximum Gasteiger partial charge on any atom is 0.234 e. The summed E-state index contributed by atoms with van der Waals surface area (Å²) in [6.07, 6.45) is 0.114. The molecule has 5 heteroatoms. The van der Waals surface area contributed by atoms with Gasteiger partial charge in [0.2, 0.25) is 5.89 Å². The molecule has 0 aliphatic heterocycles. The first-order valence-electron chi connectivity index (χ1n) is 5.77. The van der Waals surface area contributed by atoms with E-state index in [1.54, 1.807) is 12.1 Å². The van der Waals surface area contributed by atoms with Crippen LogP contribution in [-0.4, -0.2) is 22.5 Å². The maximum absolute atomic E-state index is 11.9. The average molecular weight is 246 g/mol. The number of hydrogen-bond donors (Lipinski definition) is 0. The summed E-state index contributed by atoms with van der Waals surface area (Å²) in [7, 11) is 0. The molecule has 5 nitrogen and oxygen atoms in total. The minimum atomic E-state index is -0.0396. The van der Waals surface area contributed by atoms with Crippen molar-refractivity contribution in [1.29, 1.82) is 0 Å². The van der Waals surface area contributed by atoms with Gasteiger partial charge >= 0.3 is 0 Å². The van der Waals surface area contributed by atoms with Crippen molar-refractivity contribution in [3.63, 3.8) is 0 Å². The Morgan fingerprint density at radius 1 is 1.33 bits per heavy atom. The fourth-order valence-corrected chi connectivity index (χ4v) is 1.48. The lowest BCUT2D eigenvalue weighted by Crippen LogP contribution is -2.03. The van der Waals surface area contributed by atoms with E-state index in [0.717, 1.165) is 0 Å². The van der Waals surface area contributed by atoms with Crippen LogP contribution in [0.2, 0.25) is 0 Å². The predicted octanol–water partition coefficient (Wildman–Crippen LogP) is 2.03. The molecule has 1 aromatic carbocycles. The lowest BCUT2D eigenvalue weighted by atomic mass is 10.1. The number of ether oxygens (including phenoxy) is 1. The molecule has 0 amide bonds. The van der Waals surface area contributed by atoms with Gasteiger partial charge in [0.1, 0.15) is 6.61 Å². The van der Waals surface area contributed by atoms with Crippen LogP contribution in [0.5, 0.6) is 0 Å². The zero-order valence-corrected chi connectivity index (χ0v) is 10.1. The quantitative estimate of drug-likeness (QED) is 0.730. The normalized spacial score (nSPS) is 10.5. The van der Waals surface area contributed by atoms with E-state index in [2.05, 4.69) is 10.1 Å². The number of aromatic nitrogens is 2. The second-order valence-corrected chi connectivity index (χ2v) is 3.71. The molecule has 1 aromatic heterocycles. The standard InChI is InChI=1S/C13H14N2O3/c1-2-17-9-12-14-13(18-15-12)8-11(16)10-6-4-3-5-7-10/h3-7H,2,8-9H2,1H3. The molecule has 2 rings (SSSR count). The molecule has 18 heavy (non-hydrogen) atoms.